The number of nitrogens with zero attached hydrogens (tertiary/aromatic N) is 3. The number of carbonyl (C=O) groups excluding carboxylic acids is 1. The van der Waals surface area contributed by atoms with E-state index >= 15 is 0 Å². The summed E-state index contributed by atoms with van der Waals surface area (Å²) in [5.41, 5.74) is 3.52. The first-order chi connectivity index (χ1) is 10.5. The fourth-order valence-electron chi connectivity index (χ4n) is 2.59. The van der Waals surface area contributed by atoms with Gasteiger partial charge in [-0.25, -0.2) is 4.98 Å². The molecule has 0 spiro atoms. The predicted octanol–water partition coefficient (Wildman–Crippen LogP) is 4.23. The summed E-state index contributed by atoms with van der Waals surface area (Å²) in [5.74, 6) is 0.0573. The largest absolute Gasteiger partial charge is 0.340 e. The Morgan fingerprint density at radius 1 is 1.36 bits per heavy atom. The van der Waals surface area contributed by atoms with Crippen LogP contribution < -0.4 is 0 Å². The van der Waals surface area contributed by atoms with Crippen LogP contribution >= 0.6 is 15.9 Å². The number of imidazole rings is 1. The van der Waals surface area contributed by atoms with Crippen molar-refractivity contribution in [3.8, 4) is 0 Å². The highest BCUT2D eigenvalue weighted by molar-refractivity contribution is 9.10. The fraction of sp³-hybridized carbons (Fsp3) is 0.529. The zero-order valence-electron chi connectivity index (χ0n) is 13.8. The summed E-state index contributed by atoms with van der Waals surface area (Å²) < 4.78 is 2.87. The number of rotatable bonds is 6. The van der Waals surface area contributed by atoms with E-state index in [0.29, 0.717) is 5.69 Å². The SMILES string of the molecule is CCCCN(C)C(=O)c1c(CCC)nc2c(Br)cc(C)cn12. The average molecular weight is 366 g/mol. The summed E-state index contributed by atoms with van der Waals surface area (Å²) in [6, 6.07) is 2.03. The molecule has 0 saturated carbocycles. The summed E-state index contributed by atoms with van der Waals surface area (Å²) in [6.07, 6.45) is 5.88. The van der Waals surface area contributed by atoms with Gasteiger partial charge in [-0.1, -0.05) is 26.7 Å². The molecule has 22 heavy (non-hydrogen) atoms. The van der Waals surface area contributed by atoms with Crippen LogP contribution in [0.4, 0.5) is 0 Å². The molecule has 120 valence electrons. The van der Waals surface area contributed by atoms with Gasteiger partial charge in [-0.15, -0.1) is 0 Å². The Balaban J connectivity index is 2.54. The van der Waals surface area contributed by atoms with E-state index in [-0.39, 0.29) is 5.91 Å². The zero-order chi connectivity index (χ0) is 16.3. The molecule has 1 amide bonds. The lowest BCUT2D eigenvalue weighted by Gasteiger charge is -2.17. The molecule has 0 aliphatic rings. The number of aromatic nitrogens is 2. The van der Waals surface area contributed by atoms with Crippen molar-refractivity contribution in [1.82, 2.24) is 14.3 Å². The molecule has 2 heterocycles. The van der Waals surface area contributed by atoms with Gasteiger partial charge < -0.3 is 4.90 Å². The van der Waals surface area contributed by atoms with Crippen LogP contribution in [-0.2, 0) is 6.42 Å². The van der Waals surface area contributed by atoms with Crippen LogP contribution in [0.1, 0.15) is 54.9 Å². The standard InChI is InChI=1S/C17H24BrN3O/c1-5-7-9-20(4)17(22)15-14(8-6-2)19-16-13(18)10-12(3)11-21(15)16/h10-11H,5-9H2,1-4H3. The van der Waals surface area contributed by atoms with Crippen LogP contribution in [-0.4, -0.2) is 33.8 Å². The van der Waals surface area contributed by atoms with Crippen LogP contribution in [0.15, 0.2) is 16.7 Å². The van der Waals surface area contributed by atoms with Crippen LogP contribution in [0.25, 0.3) is 5.65 Å². The first kappa shape index (κ1) is 17.0. The summed E-state index contributed by atoms with van der Waals surface area (Å²) in [5, 5.41) is 0. The lowest BCUT2D eigenvalue weighted by molar-refractivity contribution is 0.0785. The second-order valence-electron chi connectivity index (χ2n) is 5.80. The molecule has 5 heteroatoms. The molecular weight excluding hydrogens is 342 g/mol. The molecule has 0 radical (unpaired) electrons. The van der Waals surface area contributed by atoms with E-state index in [2.05, 4.69) is 29.8 Å². The minimum Gasteiger partial charge on any atom is -0.340 e. The van der Waals surface area contributed by atoms with Crippen LogP contribution in [0.3, 0.4) is 0 Å². The number of unbranched alkanes of at least 4 members (excludes halogenated alkanes) is 1. The van der Waals surface area contributed by atoms with E-state index in [9.17, 15) is 4.79 Å². The van der Waals surface area contributed by atoms with Gasteiger partial charge in [0.25, 0.3) is 5.91 Å². The molecule has 0 unspecified atom stereocenters. The highest BCUT2D eigenvalue weighted by atomic mass is 79.9. The minimum absolute atomic E-state index is 0.0573. The summed E-state index contributed by atoms with van der Waals surface area (Å²) in [4.78, 5) is 19.4. The van der Waals surface area contributed by atoms with E-state index in [4.69, 9.17) is 4.98 Å². The quantitative estimate of drug-likeness (QED) is 0.767. The third-order valence-electron chi connectivity index (χ3n) is 3.77. The van der Waals surface area contributed by atoms with Gasteiger partial charge in [-0.05, 0) is 47.3 Å². The second kappa shape index (κ2) is 7.27. The summed E-state index contributed by atoms with van der Waals surface area (Å²) in [7, 11) is 1.87. The van der Waals surface area contributed by atoms with Gasteiger partial charge in [-0.3, -0.25) is 9.20 Å². The lowest BCUT2D eigenvalue weighted by atomic mass is 10.2. The molecule has 2 rings (SSSR count). The van der Waals surface area contributed by atoms with Gasteiger partial charge in [0.2, 0.25) is 0 Å². The maximum absolute atomic E-state index is 12.9. The number of fused-ring (bicyclic) bond motifs is 1. The molecule has 0 atom stereocenters. The van der Waals surface area contributed by atoms with Crippen molar-refractivity contribution in [2.75, 3.05) is 13.6 Å². The number of halogens is 1. The number of carbonyl (C=O) groups is 1. The summed E-state index contributed by atoms with van der Waals surface area (Å²) in [6.45, 7) is 7.05. The third-order valence-corrected chi connectivity index (χ3v) is 4.35. The van der Waals surface area contributed by atoms with E-state index in [1.807, 2.05) is 35.5 Å². The Labute approximate surface area is 140 Å². The Morgan fingerprint density at radius 3 is 2.73 bits per heavy atom. The van der Waals surface area contributed by atoms with Gasteiger partial charge in [0.15, 0.2) is 5.65 Å². The third kappa shape index (κ3) is 3.35. The molecule has 0 bridgehead atoms. The van der Waals surface area contributed by atoms with Crippen LogP contribution in [0.5, 0.6) is 0 Å². The van der Waals surface area contributed by atoms with Gasteiger partial charge >= 0.3 is 0 Å². The number of hydrogen-bond acceptors (Lipinski definition) is 2. The van der Waals surface area contributed by atoms with Gasteiger partial charge in [0.05, 0.1) is 10.2 Å². The molecule has 0 aromatic carbocycles. The molecule has 4 nitrogen and oxygen atoms in total. The van der Waals surface area contributed by atoms with Crippen LogP contribution in [0.2, 0.25) is 0 Å². The van der Waals surface area contributed by atoms with Gasteiger partial charge in [0.1, 0.15) is 5.69 Å². The maximum atomic E-state index is 12.9. The smallest absolute Gasteiger partial charge is 0.272 e. The highest BCUT2D eigenvalue weighted by Crippen LogP contribution is 2.24. The Bertz CT molecular complexity index is 678. The normalized spacial score (nSPS) is 11.1. The van der Waals surface area contributed by atoms with Crippen molar-refractivity contribution >= 4 is 27.5 Å². The number of amides is 1. The molecule has 0 N–H and O–H groups in total. The van der Waals surface area contributed by atoms with E-state index in [1.54, 1.807) is 0 Å². The number of pyridine rings is 1. The predicted molar refractivity (Wildman–Crippen MR) is 93.5 cm³/mol. The monoisotopic (exact) mass is 365 g/mol. The van der Waals surface area contributed by atoms with E-state index in [0.717, 1.165) is 53.6 Å². The summed E-state index contributed by atoms with van der Waals surface area (Å²) >= 11 is 3.57. The van der Waals surface area contributed by atoms with Crippen molar-refractivity contribution in [2.45, 2.75) is 46.5 Å². The van der Waals surface area contributed by atoms with Gasteiger partial charge in [0, 0.05) is 19.8 Å². The fourth-order valence-corrected chi connectivity index (χ4v) is 3.24. The molecule has 2 aromatic rings. The molecule has 0 aliphatic heterocycles. The Kier molecular flexibility index (Phi) is 5.62. The van der Waals surface area contributed by atoms with E-state index in [1.165, 1.54) is 0 Å². The molecular formula is C17H24BrN3O. The Morgan fingerprint density at radius 2 is 2.09 bits per heavy atom. The first-order valence-corrected chi connectivity index (χ1v) is 8.71. The average Bonchev–Trinajstić information content (AvgIpc) is 2.82. The second-order valence-corrected chi connectivity index (χ2v) is 6.65. The molecule has 0 fully saturated rings. The zero-order valence-corrected chi connectivity index (χ0v) is 15.4. The van der Waals surface area contributed by atoms with Gasteiger partial charge in [-0.2, -0.15) is 0 Å². The number of hydrogen-bond donors (Lipinski definition) is 0. The molecule has 2 aromatic heterocycles. The van der Waals surface area contributed by atoms with Crippen molar-refractivity contribution in [2.24, 2.45) is 0 Å². The van der Waals surface area contributed by atoms with Crippen molar-refractivity contribution < 1.29 is 4.79 Å². The van der Waals surface area contributed by atoms with Crippen molar-refractivity contribution in [3.05, 3.63) is 33.7 Å². The highest BCUT2D eigenvalue weighted by Gasteiger charge is 2.22. The van der Waals surface area contributed by atoms with E-state index < -0.39 is 0 Å². The van der Waals surface area contributed by atoms with Crippen LogP contribution in [0, 0.1) is 6.92 Å². The maximum Gasteiger partial charge on any atom is 0.272 e. The minimum atomic E-state index is 0.0573. The topological polar surface area (TPSA) is 37.6 Å². The van der Waals surface area contributed by atoms with Crippen molar-refractivity contribution in [3.63, 3.8) is 0 Å². The molecule has 0 saturated heterocycles. The number of aryl methyl sites for hydroxylation is 2. The Hall–Kier alpha value is -1.36. The molecule has 0 aliphatic carbocycles. The van der Waals surface area contributed by atoms with Crippen molar-refractivity contribution in [1.29, 1.82) is 0 Å². The lowest BCUT2D eigenvalue weighted by Crippen LogP contribution is -2.29. The first-order valence-electron chi connectivity index (χ1n) is 7.92.